The summed E-state index contributed by atoms with van der Waals surface area (Å²) in [5, 5.41) is 20.1. The molecule has 0 spiro atoms. The summed E-state index contributed by atoms with van der Waals surface area (Å²) in [6.45, 7) is 0. The molecule has 7 nitrogen and oxygen atoms in total. The lowest BCUT2D eigenvalue weighted by Gasteiger charge is -2.16. The van der Waals surface area contributed by atoms with E-state index in [0.29, 0.717) is 5.75 Å². The Morgan fingerprint density at radius 2 is 1.67 bits per heavy atom. The van der Waals surface area contributed by atoms with E-state index in [-0.39, 0.29) is 16.9 Å². The van der Waals surface area contributed by atoms with Crippen LogP contribution in [-0.2, 0) is 20.7 Å². The number of ether oxygens (including phenoxy) is 3. The average molecular weight is 332 g/mol. The molecular formula is C17H16O7. The SMILES string of the molecule is COC(=O)Cc1c(Oc2ccccc2)c(O)cc(O)c1C(=O)OC. The Morgan fingerprint density at radius 3 is 2.25 bits per heavy atom. The van der Waals surface area contributed by atoms with E-state index in [2.05, 4.69) is 9.47 Å². The van der Waals surface area contributed by atoms with Gasteiger partial charge in [-0.25, -0.2) is 4.79 Å². The van der Waals surface area contributed by atoms with Gasteiger partial charge < -0.3 is 24.4 Å². The molecule has 0 saturated heterocycles. The molecule has 2 rings (SSSR count). The van der Waals surface area contributed by atoms with E-state index < -0.39 is 29.9 Å². The number of hydrogen-bond donors (Lipinski definition) is 2. The van der Waals surface area contributed by atoms with Gasteiger partial charge in [-0.1, -0.05) is 18.2 Å². The van der Waals surface area contributed by atoms with Crippen molar-refractivity contribution < 1.29 is 34.0 Å². The smallest absolute Gasteiger partial charge is 0.342 e. The van der Waals surface area contributed by atoms with Gasteiger partial charge in [0.2, 0.25) is 0 Å². The number of esters is 2. The molecule has 0 radical (unpaired) electrons. The van der Waals surface area contributed by atoms with Crippen molar-refractivity contribution in [3.8, 4) is 23.0 Å². The number of rotatable bonds is 5. The maximum atomic E-state index is 12.0. The van der Waals surface area contributed by atoms with E-state index in [1.165, 1.54) is 7.11 Å². The predicted octanol–water partition coefficient (Wildman–Crippen LogP) is 2.39. The van der Waals surface area contributed by atoms with Crippen LogP contribution in [0.2, 0.25) is 0 Å². The van der Waals surface area contributed by atoms with Gasteiger partial charge in [-0.3, -0.25) is 4.79 Å². The predicted molar refractivity (Wildman–Crippen MR) is 83.3 cm³/mol. The molecule has 7 heteroatoms. The van der Waals surface area contributed by atoms with Crippen LogP contribution in [0.3, 0.4) is 0 Å². The van der Waals surface area contributed by atoms with Crippen molar-refractivity contribution in [2.75, 3.05) is 14.2 Å². The molecule has 0 bridgehead atoms. The van der Waals surface area contributed by atoms with Crippen LogP contribution in [-0.4, -0.2) is 36.4 Å². The number of para-hydroxylation sites is 1. The summed E-state index contributed by atoms with van der Waals surface area (Å²) in [7, 11) is 2.31. The number of carbonyl (C=O) groups excluding carboxylic acids is 2. The van der Waals surface area contributed by atoms with Gasteiger partial charge >= 0.3 is 11.9 Å². The zero-order valence-corrected chi connectivity index (χ0v) is 13.1. The zero-order chi connectivity index (χ0) is 17.7. The minimum absolute atomic E-state index is 0.0324. The first-order valence-corrected chi connectivity index (χ1v) is 6.93. The number of phenols is 2. The van der Waals surface area contributed by atoms with Crippen LogP contribution in [0.4, 0.5) is 0 Å². The second-order valence-corrected chi connectivity index (χ2v) is 4.76. The quantitative estimate of drug-likeness (QED) is 0.810. The van der Waals surface area contributed by atoms with Crippen molar-refractivity contribution in [1.82, 2.24) is 0 Å². The third kappa shape index (κ3) is 3.57. The van der Waals surface area contributed by atoms with E-state index in [1.54, 1.807) is 30.3 Å². The number of hydrogen-bond acceptors (Lipinski definition) is 7. The number of aromatic hydroxyl groups is 2. The number of methoxy groups -OCH3 is 2. The molecule has 0 heterocycles. The zero-order valence-electron chi connectivity index (χ0n) is 13.1. The molecule has 0 unspecified atom stereocenters. The molecule has 2 aromatic rings. The number of carbonyl (C=O) groups is 2. The molecule has 0 aromatic heterocycles. The molecule has 0 aliphatic rings. The lowest BCUT2D eigenvalue weighted by Crippen LogP contribution is -2.13. The molecule has 0 amide bonds. The van der Waals surface area contributed by atoms with Crippen LogP contribution in [0.5, 0.6) is 23.0 Å². The van der Waals surface area contributed by atoms with Crippen molar-refractivity contribution in [2.45, 2.75) is 6.42 Å². The topological polar surface area (TPSA) is 102 Å². The largest absolute Gasteiger partial charge is 0.507 e. The van der Waals surface area contributed by atoms with Gasteiger partial charge in [0, 0.05) is 11.6 Å². The van der Waals surface area contributed by atoms with Crippen molar-refractivity contribution in [3.05, 3.63) is 47.5 Å². The number of phenolic OH excluding ortho intramolecular Hbond substituents is 2. The summed E-state index contributed by atoms with van der Waals surface area (Å²) >= 11 is 0. The van der Waals surface area contributed by atoms with Gasteiger partial charge in [0.05, 0.1) is 20.6 Å². The standard InChI is InChI=1S/C17H16O7/c1-22-14(20)8-11-15(17(21)23-2)12(18)9-13(19)16(11)24-10-6-4-3-5-7-10/h3-7,9,18-19H,8H2,1-2H3. The summed E-state index contributed by atoms with van der Waals surface area (Å²) in [6.07, 6.45) is -0.398. The third-order valence-electron chi connectivity index (χ3n) is 3.24. The van der Waals surface area contributed by atoms with Gasteiger partial charge in [-0.15, -0.1) is 0 Å². The summed E-state index contributed by atoms with van der Waals surface area (Å²) < 4.78 is 14.8. The lowest BCUT2D eigenvalue weighted by molar-refractivity contribution is -0.139. The van der Waals surface area contributed by atoms with Crippen LogP contribution >= 0.6 is 0 Å². The van der Waals surface area contributed by atoms with Crippen LogP contribution in [0.1, 0.15) is 15.9 Å². The van der Waals surface area contributed by atoms with E-state index in [1.807, 2.05) is 0 Å². The summed E-state index contributed by atoms with van der Waals surface area (Å²) in [6, 6.07) is 9.42. The first-order valence-electron chi connectivity index (χ1n) is 6.93. The van der Waals surface area contributed by atoms with Crippen molar-refractivity contribution in [1.29, 1.82) is 0 Å². The van der Waals surface area contributed by atoms with E-state index in [9.17, 15) is 19.8 Å². The highest BCUT2D eigenvalue weighted by Gasteiger charge is 2.27. The fourth-order valence-electron chi connectivity index (χ4n) is 2.13. The first-order chi connectivity index (χ1) is 11.5. The van der Waals surface area contributed by atoms with Gasteiger partial charge in [0.1, 0.15) is 17.1 Å². The molecular weight excluding hydrogens is 316 g/mol. The van der Waals surface area contributed by atoms with Gasteiger partial charge in [0.15, 0.2) is 11.5 Å². The van der Waals surface area contributed by atoms with Crippen molar-refractivity contribution >= 4 is 11.9 Å². The maximum Gasteiger partial charge on any atom is 0.342 e. The molecule has 24 heavy (non-hydrogen) atoms. The van der Waals surface area contributed by atoms with Crippen LogP contribution in [0, 0.1) is 0 Å². The maximum absolute atomic E-state index is 12.0. The number of benzene rings is 2. The van der Waals surface area contributed by atoms with E-state index in [4.69, 9.17) is 4.74 Å². The Labute approximate surface area is 138 Å². The highest BCUT2D eigenvalue weighted by Crippen LogP contribution is 2.41. The Morgan fingerprint density at radius 1 is 1.00 bits per heavy atom. The van der Waals surface area contributed by atoms with Crippen LogP contribution in [0.15, 0.2) is 36.4 Å². The normalized spacial score (nSPS) is 10.1. The van der Waals surface area contributed by atoms with Gasteiger partial charge in [-0.05, 0) is 12.1 Å². The van der Waals surface area contributed by atoms with E-state index >= 15 is 0 Å². The molecule has 126 valence electrons. The Balaban J connectivity index is 2.62. The van der Waals surface area contributed by atoms with Gasteiger partial charge in [-0.2, -0.15) is 0 Å². The minimum atomic E-state index is -0.871. The molecule has 2 N–H and O–H groups in total. The fraction of sp³-hybridized carbons (Fsp3) is 0.176. The second kappa shape index (κ2) is 7.36. The van der Waals surface area contributed by atoms with Gasteiger partial charge in [0.25, 0.3) is 0 Å². The summed E-state index contributed by atoms with van der Waals surface area (Å²) in [5.41, 5.74) is -0.304. The Hall–Kier alpha value is -3.22. The first kappa shape index (κ1) is 17.1. The summed E-state index contributed by atoms with van der Waals surface area (Å²) in [4.78, 5) is 23.6. The molecule has 0 fully saturated rings. The molecule has 0 aliphatic carbocycles. The second-order valence-electron chi connectivity index (χ2n) is 4.76. The minimum Gasteiger partial charge on any atom is -0.507 e. The Kier molecular flexibility index (Phi) is 5.26. The third-order valence-corrected chi connectivity index (χ3v) is 3.24. The molecule has 0 aliphatic heterocycles. The van der Waals surface area contributed by atoms with Crippen molar-refractivity contribution in [3.63, 3.8) is 0 Å². The Bertz CT molecular complexity index is 753. The summed E-state index contributed by atoms with van der Waals surface area (Å²) in [5.74, 6) is -2.26. The van der Waals surface area contributed by atoms with Crippen molar-refractivity contribution in [2.24, 2.45) is 0 Å². The monoisotopic (exact) mass is 332 g/mol. The van der Waals surface area contributed by atoms with E-state index in [0.717, 1.165) is 13.2 Å². The average Bonchev–Trinajstić information content (AvgIpc) is 2.58. The highest BCUT2D eigenvalue weighted by molar-refractivity contribution is 5.97. The molecule has 2 aromatic carbocycles. The fourth-order valence-corrected chi connectivity index (χ4v) is 2.13. The lowest BCUT2D eigenvalue weighted by atomic mass is 10.0. The highest BCUT2D eigenvalue weighted by atomic mass is 16.5. The van der Waals surface area contributed by atoms with Crippen LogP contribution < -0.4 is 4.74 Å². The molecule has 0 saturated carbocycles. The molecule has 0 atom stereocenters. The van der Waals surface area contributed by atoms with Crippen LogP contribution in [0.25, 0.3) is 0 Å².